The monoisotopic (exact) mass is 565 g/mol. The summed E-state index contributed by atoms with van der Waals surface area (Å²) in [6, 6.07) is 13.5. The summed E-state index contributed by atoms with van der Waals surface area (Å²) in [4.78, 5) is 18.5. The first kappa shape index (κ1) is 29.2. The molecule has 10 heteroatoms. The van der Waals surface area contributed by atoms with E-state index in [2.05, 4.69) is 16.8 Å². The Kier molecular flexibility index (Phi) is 9.20. The normalized spacial score (nSPS) is 19.1. The molecule has 2 aromatic carbocycles. The van der Waals surface area contributed by atoms with Gasteiger partial charge in [-0.15, -0.1) is 0 Å². The van der Waals surface area contributed by atoms with Crippen LogP contribution in [-0.4, -0.2) is 72.5 Å². The topological polar surface area (TPSA) is 100 Å². The SMILES string of the molecule is C[C@H](CO)N1C[C@H](C)[C@@H](CN(C)C(=O)Cc2ccncc2)Oc2cc(C#Cc3ccccc3F)ccc2S1(=O)=O. The number of likely N-dealkylation sites (N-methyl/N-ethyl adjacent to an activating group) is 1. The molecule has 4 rings (SSSR count). The molecule has 0 aliphatic carbocycles. The Morgan fingerprint density at radius 3 is 2.62 bits per heavy atom. The lowest BCUT2D eigenvalue weighted by molar-refractivity contribution is -0.130. The number of hydrogen-bond donors (Lipinski definition) is 1. The predicted molar refractivity (Wildman–Crippen MR) is 148 cm³/mol. The van der Waals surface area contributed by atoms with Gasteiger partial charge < -0.3 is 14.7 Å². The Morgan fingerprint density at radius 2 is 1.93 bits per heavy atom. The van der Waals surface area contributed by atoms with Crippen molar-refractivity contribution in [2.75, 3.05) is 26.7 Å². The van der Waals surface area contributed by atoms with E-state index in [9.17, 15) is 22.7 Å². The first-order valence-electron chi connectivity index (χ1n) is 12.9. The summed E-state index contributed by atoms with van der Waals surface area (Å²) in [6.07, 6.45) is 2.88. The van der Waals surface area contributed by atoms with Gasteiger partial charge in [0, 0.05) is 43.5 Å². The number of nitrogens with zero attached hydrogens (tertiary/aromatic N) is 3. The van der Waals surface area contributed by atoms with Gasteiger partial charge in [-0.25, -0.2) is 12.8 Å². The molecular weight excluding hydrogens is 533 g/mol. The van der Waals surface area contributed by atoms with Crippen LogP contribution in [0.1, 0.15) is 30.5 Å². The van der Waals surface area contributed by atoms with E-state index in [4.69, 9.17) is 4.74 Å². The molecule has 0 fully saturated rings. The molecule has 1 aromatic heterocycles. The van der Waals surface area contributed by atoms with Gasteiger partial charge in [-0.05, 0) is 55.0 Å². The molecule has 0 unspecified atom stereocenters. The van der Waals surface area contributed by atoms with Gasteiger partial charge in [0.1, 0.15) is 22.6 Å². The number of fused-ring (bicyclic) bond motifs is 1. The molecule has 0 saturated heterocycles. The predicted octanol–water partition coefficient (Wildman–Crippen LogP) is 3.09. The van der Waals surface area contributed by atoms with Crippen molar-refractivity contribution < 1.29 is 27.4 Å². The highest BCUT2D eigenvalue weighted by Gasteiger charge is 2.38. The molecule has 1 N–H and O–H groups in total. The van der Waals surface area contributed by atoms with Crippen LogP contribution in [0.25, 0.3) is 0 Å². The van der Waals surface area contributed by atoms with Gasteiger partial charge in [0.25, 0.3) is 0 Å². The number of amides is 1. The fourth-order valence-corrected chi connectivity index (χ4v) is 6.23. The maximum Gasteiger partial charge on any atom is 0.247 e. The van der Waals surface area contributed by atoms with E-state index >= 15 is 0 Å². The van der Waals surface area contributed by atoms with E-state index in [0.29, 0.717) is 5.56 Å². The lowest BCUT2D eigenvalue weighted by Gasteiger charge is -2.37. The Labute approximate surface area is 234 Å². The fourth-order valence-electron chi connectivity index (χ4n) is 4.41. The third-order valence-electron chi connectivity index (χ3n) is 6.87. The van der Waals surface area contributed by atoms with Crippen LogP contribution in [0.15, 0.2) is 71.9 Å². The van der Waals surface area contributed by atoms with Crippen LogP contribution in [0.2, 0.25) is 0 Å². The van der Waals surface area contributed by atoms with Crippen molar-refractivity contribution in [2.45, 2.75) is 37.3 Å². The van der Waals surface area contributed by atoms with Gasteiger partial charge >= 0.3 is 0 Å². The molecule has 3 atom stereocenters. The summed E-state index contributed by atoms with van der Waals surface area (Å²) in [5.41, 5.74) is 1.48. The second kappa shape index (κ2) is 12.6. The largest absolute Gasteiger partial charge is 0.487 e. The lowest BCUT2D eigenvalue weighted by Crippen LogP contribution is -2.50. The number of aromatic nitrogens is 1. The first-order chi connectivity index (χ1) is 19.1. The average Bonchev–Trinajstić information content (AvgIpc) is 2.94. The minimum absolute atomic E-state index is 0.0630. The third kappa shape index (κ3) is 6.67. The van der Waals surface area contributed by atoms with Crippen molar-refractivity contribution in [2.24, 2.45) is 5.92 Å². The van der Waals surface area contributed by atoms with E-state index in [1.54, 1.807) is 67.7 Å². The summed E-state index contributed by atoms with van der Waals surface area (Å²) >= 11 is 0. The minimum Gasteiger partial charge on any atom is -0.487 e. The Hall–Kier alpha value is -3.78. The zero-order chi connectivity index (χ0) is 28.9. The number of aliphatic hydroxyl groups excluding tert-OH is 1. The van der Waals surface area contributed by atoms with Crippen LogP contribution in [0.3, 0.4) is 0 Å². The van der Waals surface area contributed by atoms with Gasteiger partial charge in [0.05, 0.1) is 25.1 Å². The number of benzene rings is 2. The highest BCUT2D eigenvalue weighted by atomic mass is 32.2. The van der Waals surface area contributed by atoms with Crippen molar-refractivity contribution >= 4 is 15.9 Å². The summed E-state index contributed by atoms with van der Waals surface area (Å²) < 4.78 is 49.0. The smallest absolute Gasteiger partial charge is 0.247 e. The number of carbonyl (C=O) groups is 1. The van der Waals surface area contributed by atoms with E-state index in [0.717, 1.165) is 5.56 Å². The summed E-state index contributed by atoms with van der Waals surface area (Å²) in [6.45, 7) is 3.43. The van der Waals surface area contributed by atoms with Crippen molar-refractivity contribution in [3.8, 4) is 17.6 Å². The Bertz CT molecular complexity index is 1520. The van der Waals surface area contributed by atoms with Gasteiger partial charge in [0.2, 0.25) is 15.9 Å². The molecule has 1 aliphatic rings. The average molecular weight is 566 g/mol. The summed E-state index contributed by atoms with van der Waals surface area (Å²) in [7, 11) is -2.35. The molecule has 40 heavy (non-hydrogen) atoms. The van der Waals surface area contributed by atoms with Gasteiger partial charge in [-0.2, -0.15) is 4.31 Å². The molecule has 210 valence electrons. The molecular formula is C30H32FN3O5S. The minimum atomic E-state index is -4.03. The zero-order valence-electron chi connectivity index (χ0n) is 22.6. The number of hydrogen-bond acceptors (Lipinski definition) is 6. The van der Waals surface area contributed by atoms with Crippen molar-refractivity contribution in [1.82, 2.24) is 14.2 Å². The van der Waals surface area contributed by atoms with E-state index < -0.39 is 28.0 Å². The maximum atomic E-state index is 14.1. The first-order valence-corrected chi connectivity index (χ1v) is 14.4. The molecule has 0 radical (unpaired) electrons. The highest BCUT2D eigenvalue weighted by molar-refractivity contribution is 7.89. The second-order valence-electron chi connectivity index (χ2n) is 9.94. The number of rotatable bonds is 6. The van der Waals surface area contributed by atoms with Gasteiger partial charge in [0.15, 0.2) is 0 Å². The quantitative estimate of drug-likeness (QED) is 0.461. The number of sulfonamides is 1. The van der Waals surface area contributed by atoms with Crippen LogP contribution < -0.4 is 4.74 Å². The second-order valence-corrected chi connectivity index (χ2v) is 11.8. The maximum absolute atomic E-state index is 14.1. The Balaban J connectivity index is 1.68. The van der Waals surface area contributed by atoms with Crippen molar-refractivity contribution in [1.29, 1.82) is 0 Å². The van der Waals surface area contributed by atoms with Gasteiger partial charge in [-0.1, -0.05) is 30.9 Å². The third-order valence-corrected chi connectivity index (χ3v) is 8.89. The molecule has 0 spiro atoms. The standard InChI is InChI=1S/C30H32FN3O5S/c1-21-18-34(22(2)20-35)40(37,38)29-11-9-23(8-10-25-6-4-5-7-26(25)31)16-27(29)39-28(21)19-33(3)30(36)17-24-12-14-32-15-13-24/h4-7,9,11-16,21-22,28,35H,17-20H2,1-3H3/t21-,22+,28+/m0/s1. The molecule has 1 amide bonds. The number of ether oxygens (including phenoxy) is 1. The summed E-state index contributed by atoms with van der Waals surface area (Å²) in [5.74, 6) is 4.84. The molecule has 3 aromatic rings. The van der Waals surface area contributed by atoms with Crippen LogP contribution >= 0.6 is 0 Å². The molecule has 0 bridgehead atoms. The lowest BCUT2D eigenvalue weighted by atomic mass is 10.0. The molecule has 2 heterocycles. The van der Waals surface area contributed by atoms with Crippen LogP contribution in [-0.2, 0) is 21.2 Å². The van der Waals surface area contributed by atoms with Gasteiger partial charge in [-0.3, -0.25) is 9.78 Å². The fraction of sp³-hybridized carbons (Fsp3) is 0.333. The zero-order valence-corrected chi connectivity index (χ0v) is 23.4. The number of halogens is 1. The van der Waals surface area contributed by atoms with Crippen molar-refractivity contribution in [3.05, 3.63) is 89.5 Å². The van der Waals surface area contributed by atoms with E-state index in [1.807, 2.05) is 6.92 Å². The number of pyridine rings is 1. The number of aliphatic hydroxyl groups is 1. The van der Waals surface area contributed by atoms with Crippen molar-refractivity contribution in [3.63, 3.8) is 0 Å². The van der Waals surface area contributed by atoms with Crippen LogP contribution in [0, 0.1) is 23.6 Å². The van der Waals surface area contributed by atoms with Crippen LogP contribution in [0.5, 0.6) is 5.75 Å². The molecule has 1 aliphatic heterocycles. The Morgan fingerprint density at radius 1 is 1.20 bits per heavy atom. The molecule has 0 saturated carbocycles. The highest BCUT2D eigenvalue weighted by Crippen LogP contribution is 2.34. The summed E-state index contributed by atoms with van der Waals surface area (Å²) in [5, 5.41) is 9.84. The van der Waals surface area contributed by atoms with Crippen LogP contribution in [0.4, 0.5) is 4.39 Å². The number of carbonyl (C=O) groups excluding carboxylic acids is 1. The van der Waals surface area contributed by atoms with E-state index in [1.165, 1.54) is 22.5 Å². The molecule has 8 nitrogen and oxygen atoms in total. The van der Waals surface area contributed by atoms with E-state index in [-0.39, 0.29) is 54.2 Å².